The largest absolute Gasteiger partial charge is 0.311 e. The van der Waals surface area contributed by atoms with Crippen molar-refractivity contribution in [1.82, 2.24) is 10.2 Å². The van der Waals surface area contributed by atoms with Gasteiger partial charge >= 0.3 is 0 Å². The average molecular weight is 280 g/mol. The van der Waals surface area contributed by atoms with Crippen LogP contribution in [0.15, 0.2) is 18.2 Å². The molecule has 1 aromatic carbocycles. The van der Waals surface area contributed by atoms with Crippen LogP contribution in [-0.2, 0) is 9.59 Å². The molecule has 1 aliphatic carbocycles. The molecular formula is C14H14F2N2O2. The van der Waals surface area contributed by atoms with Crippen molar-refractivity contribution in [3.8, 4) is 0 Å². The fourth-order valence-electron chi connectivity index (χ4n) is 2.75. The summed E-state index contributed by atoms with van der Waals surface area (Å²) in [5, 5.41) is 2.83. The van der Waals surface area contributed by atoms with E-state index in [-0.39, 0.29) is 35.8 Å². The van der Waals surface area contributed by atoms with Crippen molar-refractivity contribution >= 4 is 11.8 Å². The lowest BCUT2D eigenvalue weighted by atomic mass is 10.1. The number of nitrogens with zero attached hydrogens (tertiary/aromatic N) is 1. The topological polar surface area (TPSA) is 49.4 Å². The third-order valence-corrected chi connectivity index (χ3v) is 4.03. The highest BCUT2D eigenvalue weighted by Crippen LogP contribution is 2.47. The van der Waals surface area contributed by atoms with Gasteiger partial charge in [0.1, 0.15) is 0 Å². The third-order valence-electron chi connectivity index (χ3n) is 4.03. The van der Waals surface area contributed by atoms with E-state index in [0.717, 1.165) is 11.0 Å². The summed E-state index contributed by atoms with van der Waals surface area (Å²) in [5.74, 6) is -2.65. The predicted octanol–water partition coefficient (Wildman–Crippen LogP) is 1.23. The number of nitrogens with one attached hydrogen (secondary N) is 1. The Morgan fingerprint density at radius 1 is 1.30 bits per heavy atom. The van der Waals surface area contributed by atoms with Crippen LogP contribution >= 0.6 is 0 Å². The van der Waals surface area contributed by atoms with E-state index in [0.29, 0.717) is 6.42 Å². The Hall–Kier alpha value is -1.82. The number of amides is 2. The fourth-order valence-corrected chi connectivity index (χ4v) is 2.75. The first-order valence-electron chi connectivity index (χ1n) is 6.51. The second-order valence-corrected chi connectivity index (χ2v) is 5.22. The van der Waals surface area contributed by atoms with Gasteiger partial charge in [-0.15, -0.1) is 0 Å². The summed E-state index contributed by atoms with van der Waals surface area (Å²) >= 11 is 0. The first-order valence-corrected chi connectivity index (χ1v) is 6.51. The number of likely N-dealkylation sites (N-methyl/N-ethyl adjacent to an activating group) is 1. The number of likely N-dealkylation sites (tertiary alicyclic amines) is 1. The van der Waals surface area contributed by atoms with Gasteiger partial charge < -0.3 is 5.32 Å². The monoisotopic (exact) mass is 280 g/mol. The van der Waals surface area contributed by atoms with E-state index in [1.807, 2.05) is 0 Å². The van der Waals surface area contributed by atoms with Crippen LogP contribution in [0, 0.1) is 23.5 Å². The quantitative estimate of drug-likeness (QED) is 0.844. The van der Waals surface area contributed by atoms with Crippen LogP contribution in [-0.4, -0.2) is 30.3 Å². The number of carbonyl (C=O) groups excluding carboxylic acids is 2. The number of benzene rings is 1. The van der Waals surface area contributed by atoms with Gasteiger partial charge in [0.2, 0.25) is 11.8 Å². The molecule has 4 nitrogen and oxygen atoms in total. The standard InChI is InChI=1S/C14H14F2N2O2/c1-17-11(7-3-2-4-10(15)12(7)16)6-18-13(19)8-5-9(8)14(18)20/h2-4,8-9,11,17H,5-6H2,1H3. The molecule has 6 heteroatoms. The lowest BCUT2D eigenvalue weighted by Crippen LogP contribution is -2.39. The van der Waals surface area contributed by atoms with Crippen molar-refractivity contribution in [3.05, 3.63) is 35.4 Å². The zero-order chi connectivity index (χ0) is 14.4. The van der Waals surface area contributed by atoms with Crippen molar-refractivity contribution < 1.29 is 18.4 Å². The Balaban J connectivity index is 1.82. The molecular weight excluding hydrogens is 266 g/mol. The second kappa shape index (κ2) is 4.63. The minimum atomic E-state index is -0.948. The second-order valence-electron chi connectivity index (χ2n) is 5.22. The summed E-state index contributed by atoms with van der Waals surface area (Å²) in [7, 11) is 1.58. The average Bonchev–Trinajstić information content (AvgIpc) is 3.19. The molecule has 2 amide bonds. The van der Waals surface area contributed by atoms with E-state index in [2.05, 4.69) is 5.32 Å². The predicted molar refractivity (Wildman–Crippen MR) is 66.5 cm³/mol. The van der Waals surface area contributed by atoms with Gasteiger partial charge in [-0.3, -0.25) is 14.5 Å². The number of halogens is 2. The lowest BCUT2D eigenvalue weighted by molar-refractivity contribution is -0.141. The molecule has 0 spiro atoms. The number of carbonyl (C=O) groups is 2. The first-order chi connectivity index (χ1) is 9.54. The summed E-state index contributed by atoms with van der Waals surface area (Å²) < 4.78 is 27.1. The van der Waals surface area contributed by atoms with E-state index < -0.39 is 17.7 Å². The SMILES string of the molecule is CNC(CN1C(=O)C2CC2C1=O)c1cccc(F)c1F. The van der Waals surface area contributed by atoms with Gasteiger partial charge in [0.05, 0.1) is 17.9 Å². The Morgan fingerprint density at radius 3 is 2.55 bits per heavy atom. The van der Waals surface area contributed by atoms with E-state index in [1.165, 1.54) is 12.1 Å². The Bertz CT molecular complexity index is 571. The zero-order valence-electron chi connectivity index (χ0n) is 10.9. The summed E-state index contributed by atoms with van der Waals surface area (Å²) in [6.45, 7) is 0.0293. The highest BCUT2D eigenvalue weighted by molar-refractivity contribution is 6.08. The van der Waals surface area contributed by atoms with Crippen LogP contribution in [0.2, 0.25) is 0 Å². The van der Waals surface area contributed by atoms with Crippen LogP contribution in [0.3, 0.4) is 0 Å². The fraction of sp³-hybridized carbons (Fsp3) is 0.429. The maximum atomic E-state index is 13.8. The van der Waals surface area contributed by atoms with Crippen molar-refractivity contribution in [2.75, 3.05) is 13.6 Å². The van der Waals surface area contributed by atoms with Crippen LogP contribution in [0.5, 0.6) is 0 Å². The number of piperidine rings is 1. The number of hydrogen-bond acceptors (Lipinski definition) is 3. The molecule has 0 radical (unpaired) electrons. The highest BCUT2D eigenvalue weighted by atomic mass is 19.2. The minimum Gasteiger partial charge on any atom is -0.311 e. The van der Waals surface area contributed by atoms with Crippen LogP contribution in [0.1, 0.15) is 18.0 Å². The Labute approximate surface area is 114 Å². The maximum absolute atomic E-state index is 13.8. The maximum Gasteiger partial charge on any atom is 0.233 e. The van der Waals surface area contributed by atoms with Gasteiger partial charge in [-0.2, -0.15) is 0 Å². The van der Waals surface area contributed by atoms with Gasteiger partial charge in [0.15, 0.2) is 11.6 Å². The Morgan fingerprint density at radius 2 is 1.95 bits per heavy atom. The van der Waals surface area contributed by atoms with Gasteiger partial charge in [-0.1, -0.05) is 12.1 Å². The van der Waals surface area contributed by atoms with Gasteiger partial charge in [-0.05, 0) is 19.5 Å². The van der Waals surface area contributed by atoms with E-state index in [9.17, 15) is 18.4 Å². The minimum absolute atomic E-state index is 0.0293. The molecule has 1 aromatic rings. The van der Waals surface area contributed by atoms with Crippen molar-refractivity contribution in [3.63, 3.8) is 0 Å². The first kappa shape index (κ1) is 13.2. The molecule has 3 atom stereocenters. The van der Waals surface area contributed by atoms with Crippen molar-refractivity contribution in [1.29, 1.82) is 0 Å². The van der Waals surface area contributed by atoms with Gasteiger partial charge in [-0.25, -0.2) is 8.78 Å². The summed E-state index contributed by atoms with van der Waals surface area (Å²) in [5.41, 5.74) is 0.119. The Kier molecular flexibility index (Phi) is 3.05. The molecule has 1 heterocycles. The molecule has 0 aromatic heterocycles. The number of imide groups is 1. The van der Waals surface area contributed by atoms with E-state index in [1.54, 1.807) is 7.05 Å². The van der Waals surface area contributed by atoms with Crippen LogP contribution in [0.25, 0.3) is 0 Å². The molecule has 20 heavy (non-hydrogen) atoms. The molecule has 3 unspecified atom stereocenters. The van der Waals surface area contributed by atoms with E-state index >= 15 is 0 Å². The number of rotatable bonds is 4. The summed E-state index contributed by atoms with van der Waals surface area (Å²) in [6, 6.07) is 3.28. The molecule has 2 fully saturated rings. The van der Waals surface area contributed by atoms with Crippen molar-refractivity contribution in [2.45, 2.75) is 12.5 Å². The van der Waals surface area contributed by atoms with Crippen molar-refractivity contribution in [2.24, 2.45) is 11.8 Å². The van der Waals surface area contributed by atoms with Crippen LogP contribution < -0.4 is 5.32 Å². The summed E-state index contributed by atoms with van der Waals surface area (Å²) in [6.07, 6.45) is 0.632. The van der Waals surface area contributed by atoms with Gasteiger partial charge in [0.25, 0.3) is 0 Å². The molecule has 2 aliphatic rings. The molecule has 1 aliphatic heterocycles. The normalized spacial score (nSPS) is 25.9. The number of hydrogen-bond donors (Lipinski definition) is 1. The summed E-state index contributed by atoms with van der Waals surface area (Å²) in [4.78, 5) is 25.0. The molecule has 106 valence electrons. The van der Waals surface area contributed by atoms with Gasteiger partial charge in [0, 0.05) is 12.1 Å². The molecule has 1 saturated carbocycles. The molecule has 1 saturated heterocycles. The highest BCUT2D eigenvalue weighted by Gasteiger charge is 2.58. The smallest absolute Gasteiger partial charge is 0.233 e. The molecule has 3 rings (SSSR count). The van der Waals surface area contributed by atoms with Crippen LogP contribution in [0.4, 0.5) is 8.78 Å². The molecule has 0 bridgehead atoms. The number of fused-ring (bicyclic) bond motifs is 1. The lowest BCUT2D eigenvalue weighted by Gasteiger charge is -2.24. The zero-order valence-corrected chi connectivity index (χ0v) is 10.9. The third kappa shape index (κ3) is 1.91. The molecule has 1 N–H and O–H groups in total. The van der Waals surface area contributed by atoms with E-state index in [4.69, 9.17) is 0 Å².